The molecule has 1 aromatic rings. The molecule has 0 atom stereocenters. The Kier molecular flexibility index (Phi) is 5.21. The molecule has 18 heavy (non-hydrogen) atoms. The summed E-state index contributed by atoms with van der Waals surface area (Å²) in [5.74, 6) is -3.27. The first-order valence-corrected chi connectivity index (χ1v) is 5.59. The molecule has 0 aliphatic carbocycles. The highest BCUT2D eigenvalue weighted by Crippen LogP contribution is 2.29. The molecule has 0 aliphatic heterocycles. The minimum Gasteiger partial charge on any atom is -0.482 e. The molecule has 0 bridgehead atoms. The zero-order valence-corrected chi connectivity index (χ0v) is 10.9. The van der Waals surface area contributed by atoms with Crippen LogP contribution in [-0.2, 0) is 14.3 Å². The van der Waals surface area contributed by atoms with Crippen molar-refractivity contribution in [2.45, 2.75) is 6.42 Å². The second kappa shape index (κ2) is 6.44. The molecule has 0 saturated carbocycles. The van der Waals surface area contributed by atoms with Crippen molar-refractivity contribution in [3.05, 3.63) is 28.2 Å². The summed E-state index contributed by atoms with van der Waals surface area (Å²) in [7, 11) is 1.15. The van der Waals surface area contributed by atoms with Gasteiger partial charge in [0.1, 0.15) is 18.8 Å². The van der Waals surface area contributed by atoms with Gasteiger partial charge in [0.15, 0.2) is 17.3 Å². The maximum atomic E-state index is 13.3. The predicted molar refractivity (Wildman–Crippen MR) is 61.2 cm³/mol. The van der Waals surface area contributed by atoms with Crippen molar-refractivity contribution in [3.8, 4) is 5.75 Å². The lowest BCUT2D eigenvalue weighted by molar-refractivity contribution is -0.143. The Balaban J connectivity index is 2.64. The Morgan fingerprint density at radius 3 is 2.56 bits per heavy atom. The molecule has 0 heterocycles. The molecule has 1 rings (SSSR count). The highest BCUT2D eigenvalue weighted by molar-refractivity contribution is 9.10. The first-order valence-electron chi connectivity index (χ1n) is 4.80. The molecule has 0 spiro atoms. The number of rotatable bonds is 5. The number of carbonyl (C=O) groups excluding carboxylic acids is 2. The summed E-state index contributed by atoms with van der Waals surface area (Å²) in [5, 5.41) is 0. The molecule has 0 aliphatic rings. The van der Waals surface area contributed by atoms with E-state index in [4.69, 9.17) is 4.74 Å². The number of ether oxygens (including phenoxy) is 2. The SMILES string of the molecule is COC(=O)CC(=O)COc1c(F)cc(F)cc1Br. The van der Waals surface area contributed by atoms with Crippen molar-refractivity contribution in [3.63, 3.8) is 0 Å². The number of benzene rings is 1. The third-order valence-corrected chi connectivity index (χ3v) is 2.50. The van der Waals surface area contributed by atoms with E-state index in [1.807, 2.05) is 0 Å². The molecule has 98 valence electrons. The van der Waals surface area contributed by atoms with E-state index < -0.39 is 36.4 Å². The maximum Gasteiger partial charge on any atom is 0.313 e. The van der Waals surface area contributed by atoms with E-state index in [1.54, 1.807) is 0 Å². The van der Waals surface area contributed by atoms with Crippen LogP contribution >= 0.6 is 15.9 Å². The number of hydrogen-bond donors (Lipinski definition) is 0. The van der Waals surface area contributed by atoms with Gasteiger partial charge in [-0.05, 0) is 22.0 Å². The van der Waals surface area contributed by atoms with Crippen LogP contribution in [0.4, 0.5) is 8.78 Å². The van der Waals surface area contributed by atoms with Crippen molar-refractivity contribution in [2.24, 2.45) is 0 Å². The lowest BCUT2D eigenvalue weighted by Crippen LogP contribution is -2.17. The quantitative estimate of drug-likeness (QED) is 0.616. The third kappa shape index (κ3) is 4.06. The van der Waals surface area contributed by atoms with Gasteiger partial charge in [0.2, 0.25) is 0 Å². The second-order valence-corrected chi connectivity index (χ2v) is 4.13. The van der Waals surface area contributed by atoms with E-state index in [0.717, 1.165) is 13.2 Å². The van der Waals surface area contributed by atoms with Crippen LogP contribution in [0, 0.1) is 11.6 Å². The summed E-state index contributed by atoms with van der Waals surface area (Å²) in [4.78, 5) is 22.0. The van der Waals surface area contributed by atoms with E-state index in [0.29, 0.717) is 6.07 Å². The molecule has 7 heteroatoms. The molecule has 0 N–H and O–H groups in total. The van der Waals surface area contributed by atoms with Gasteiger partial charge in [0, 0.05) is 6.07 Å². The zero-order chi connectivity index (χ0) is 13.7. The monoisotopic (exact) mass is 322 g/mol. The number of carbonyl (C=O) groups is 2. The normalized spacial score (nSPS) is 10.0. The number of hydrogen-bond acceptors (Lipinski definition) is 4. The van der Waals surface area contributed by atoms with Gasteiger partial charge in [-0.2, -0.15) is 0 Å². The van der Waals surface area contributed by atoms with E-state index >= 15 is 0 Å². The van der Waals surface area contributed by atoms with Crippen molar-refractivity contribution < 1.29 is 27.8 Å². The average molecular weight is 323 g/mol. The minimum atomic E-state index is -0.937. The van der Waals surface area contributed by atoms with Crippen molar-refractivity contribution >= 4 is 27.7 Å². The van der Waals surface area contributed by atoms with Crippen LogP contribution < -0.4 is 4.74 Å². The summed E-state index contributed by atoms with van der Waals surface area (Å²) in [6.07, 6.45) is -0.461. The molecule has 0 radical (unpaired) electrons. The zero-order valence-electron chi connectivity index (χ0n) is 9.34. The number of esters is 1. The summed E-state index contributed by atoms with van der Waals surface area (Å²) < 4.78 is 35.3. The Morgan fingerprint density at radius 1 is 1.33 bits per heavy atom. The smallest absolute Gasteiger partial charge is 0.313 e. The van der Waals surface area contributed by atoms with E-state index in [1.165, 1.54) is 0 Å². The first kappa shape index (κ1) is 14.6. The van der Waals surface area contributed by atoms with Crippen LogP contribution in [0.15, 0.2) is 16.6 Å². The maximum absolute atomic E-state index is 13.3. The highest BCUT2D eigenvalue weighted by atomic mass is 79.9. The molecule has 0 saturated heterocycles. The summed E-state index contributed by atoms with van der Waals surface area (Å²) in [5.41, 5.74) is 0. The summed E-state index contributed by atoms with van der Waals surface area (Å²) in [6.45, 7) is -0.504. The Labute approximate surface area is 110 Å². The topological polar surface area (TPSA) is 52.6 Å². The predicted octanol–water partition coefficient (Wildman–Crippen LogP) is 2.24. The standard InChI is InChI=1S/C11H9BrF2O4/c1-17-10(16)4-7(15)5-18-11-8(12)2-6(13)3-9(11)14/h2-3H,4-5H2,1H3. The van der Waals surface area contributed by atoms with Crippen molar-refractivity contribution in [1.82, 2.24) is 0 Å². The van der Waals surface area contributed by atoms with Gasteiger partial charge in [-0.3, -0.25) is 9.59 Å². The van der Waals surface area contributed by atoms with E-state index in [2.05, 4.69) is 20.7 Å². The van der Waals surface area contributed by atoms with Crippen LogP contribution in [0.1, 0.15) is 6.42 Å². The number of halogens is 3. The molecule has 4 nitrogen and oxygen atoms in total. The fraction of sp³-hybridized carbons (Fsp3) is 0.273. The first-order chi connectivity index (χ1) is 8.43. The molecule has 0 fully saturated rings. The van der Waals surface area contributed by atoms with Crippen molar-refractivity contribution in [2.75, 3.05) is 13.7 Å². The van der Waals surface area contributed by atoms with Gasteiger partial charge in [-0.25, -0.2) is 8.78 Å². The minimum absolute atomic E-state index is 0.0471. The lowest BCUT2D eigenvalue weighted by Gasteiger charge is -2.08. The van der Waals surface area contributed by atoms with E-state index in [9.17, 15) is 18.4 Å². The highest BCUT2D eigenvalue weighted by Gasteiger charge is 2.15. The van der Waals surface area contributed by atoms with Crippen LogP contribution in [-0.4, -0.2) is 25.5 Å². The van der Waals surface area contributed by atoms with Crippen LogP contribution in [0.5, 0.6) is 5.75 Å². The molecule has 0 amide bonds. The summed E-state index contributed by atoms with van der Waals surface area (Å²) in [6, 6.07) is 1.63. The number of ketones is 1. The number of Topliss-reactive ketones (excluding diaryl/α,β-unsaturated/α-hetero) is 1. The molecule has 1 aromatic carbocycles. The van der Waals surface area contributed by atoms with Crippen LogP contribution in [0.3, 0.4) is 0 Å². The molecular weight excluding hydrogens is 314 g/mol. The fourth-order valence-corrected chi connectivity index (χ4v) is 1.63. The van der Waals surface area contributed by atoms with Gasteiger partial charge in [-0.15, -0.1) is 0 Å². The Hall–Kier alpha value is -1.50. The number of methoxy groups -OCH3 is 1. The van der Waals surface area contributed by atoms with Gasteiger partial charge >= 0.3 is 5.97 Å². The molecule has 0 unspecified atom stereocenters. The van der Waals surface area contributed by atoms with E-state index in [-0.39, 0.29) is 10.2 Å². The summed E-state index contributed by atoms with van der Waals surface area (Å²) >= 11 is 2.90. The van der Waals surface area contributed by atoms with Crippen LogP contribution in [0.25, 0.3) is 0 Å². The largest absolute Gasteiger partial charge is 0.482 e. The third-order valence-electron chi connectivity index (χ3n) is 1.91. The lowest BCUT2D eigenvalue weighted by atomic mass is 10.3. The molecule has 0 aromatic heterocycles. The van der Waals surface area contributed by atoms with Gasteiger partial charge < -0.3 is 9.47 Å². The van der Waals surface area contributed by atoms with Gasteiger partial charge in [-0.1, -0.05) is 0 Å². The fourth-order valence-electron chi connectivity index (χ4n) is 1.10. The molecular formula is C11H9BrF2O4. The van der Waals surface area contributed by atoms with Crippen LogP contribution in [0.2, 0.25) is 0 Å². The van der Waals surface area contributed by atoms with Gasteiger partial charge in [0.25, 0.3) is 0 Å². The second-order valence-electron chi connectivity index (χ2n) is 3.28. The van der Waals surface area contributed by atoms with Gasteiger partial charge in [0.05, 0.1) is 11.6 Å². The Bertz CT molecular complexity index is 453. The van der Waals surface area contributed by atoms with Crippen molar-refractivity contribution in [1.29, 1.82) is 0 Å². The average Bonchev–Trinajstić information content (AvgIpc) is 2.27. The Morgan fingerprint density at radius 2 is 2.00 bits per heavy atom.